The second kappa shape index (κ2) is 5.90. The molecule has 1 amide bonds. The zero-order valence-corrected chi connectivity index (χ0v) is 11.7. The number of hydrogen-bond donors (Lipinski definition) is 1. The molecule has 0 saturated heterocycles. The highest BCUT2D eigenvalue weighted by Crippen LogP contribution is 2.31. The van der Waals surface area contributed by atoms with Crippen LogP contribution in [0.15, 0.2) is 18.3 Å². The van der Waals surface area contributed by atoms with Gasteiger partial charge in [0.1, 0.15) is 12.2 Å². The fourth-order valence-corrected chi connectivity index (χ4v) is 2.00. The molecule has 1 heterocycles. The summed E-state index contributed by atoms with van der Waals surface area (Å²) >= 11 is 0. The Labute approximate surface area is 118 Å². The average molecular weight is 277 g/mol. The van der Waals surface area contributed by atoms with E-state index in [2.05, 4.69) is 4.98 Å². The van der Waals surface area contributed by atoms with E-state index in [4.69, 9.17) is 5.11 Å². The number of carbonyl (C=O) groups excluding carboxylic acids is 1. The van der Waals surface area contributed by atoms with Gasteiger partial charge < -0.3 is 14.9 Å². The summed E-state index contributed by atoms with van der Waals surface area (Å²) in [6.07, 6.45) is 3.84. The van der Waals surface area contributed by atoms with Crippen molar-refractivity contribution in [1.82, 2.24) is 9.88 Å². The standard InChI is InChI=1S/C14H19N3O3/c1-16(2)14(20)12-7-11(5-6-15-12)17(9-13(18)19)8-10-3-4-10/h5-7,10H,3-4,8-9H2,1-2H3,(H,18,19). The number of aliphatic carboxylic acids is 1. The van der Waals surface area contributed by atoms with E-state index in [1.165, 1.54) is 4.90 Å². The van der Waals surface area contributed by atoms with Gasteiger partial charge in [-0.05, 0) is 30.9 Å². The number of anilines is 1. The lowest BCUT2D eigenvalue weighted by Crippen LogP contribution is -2.32. The van der Waals surface area contributed by atoms with Gasteiger partial charge >= 0.3 is 5.97 Å². The number of hydrogen-bond acceptors (Lipinski definition) is 4. The lowest BCUT2D eigenvalue weighted by molar-refractivity contribution is -0.135. The minimum Gasteiger partial charge on any atom is -0.480 e. The van der Waals surface area contributed by atoms with Crippen LogP contribution in [0.4, 0.5) is 5.69 Å². The smallest absolute Gasteiger partial charge is 0.323 e. The van der Waals surface area contributed by atoms with Gasteiger partial charge in [-0.1, -0.05) is 0 Å². The number of carboxylic acids is 1. The van der Waals surface area contributed by atoms with E-state index in [9.17, 15) is 9.59 Å². The molecule has 0 atom stereocenters. The summed E-state index contributed by atoms with van der Waals surface area (Å²) in [5.74, 6) is -0.494. The predicted octanol–water partition coefficient (Wildman–Crippen LogP) is 1.08. The second-order valence-corrected chi connectivity index (χ2v) is 5.32. The number of rotatable bonds is 6. The third-order valence-electron chi connectivity index (χ3n) is 3.24. The lowest BCUT2D eigenvalue weighted by atomic mass is 10.2. The molecule has 0 unspecified atom stereocenters. The normalized spacial score (nSPS) is 13.9. The first-order valence-electron chi connectivity index (χ1n) is 6.62. The maximum absolute atomic E-state index is 11.9. The van der Waals surface area contributed by atoms with E-state index < -0.39 is 5.97 Å². The van der Waals surface area contributed by atoms with Gasteiger partial charge in [0.25, 0.3) is 5.91 Å². The van der Waals surface area contributed by atoms with Gasteiger partial charge in [-0.2, -0.15) is 0 Å². The van der Waals surface area contributed by atoms with Crippen molar-refractivity contribution < 1.29 is 14.7 Å². The number of amides is 1. The minimum absolute atomic E-state index is 0.0594. The third kappa shape index (κ3) is 3.69. The Morgan fingerprint density at radius 2 is 2.10 bits per heavy atom. The Hall–Kier alpha value is -2.11. The lowest BCUT2D eigenvalue weighted by Gasteiger charge is -2.23. The zero-order chi connectivity index (χ0) is 14.7. The first-order chi connectivity index (χ1) is 9.47. The summed E-state index contributed by atoms with van der Waals surface area (Å²) in [6, 6.07) is 3.41. The molecule has 0 spiro atoms. The average Bonchev–Trinajstić information content (AvgIpc) is 3.20. The molecular weight excluding hydrogens is 258 g/mol. The molecule has 1 fully saturated rings. The molecule has 2 rings (SSSR count). The van der Waals surface area contributed by atoms with Gasteiger partial charge in [0.15, 0.2) is 0 Å². The van der Waals surface area contributed by atoms with Crippen LogP contribution in [-0.2, 0) is 4.79 Å². The molecule has 0 radical (unpaired) electrons. The van der Waals surface area contributed by atoms with Crippen molar-refractivity contribution in [2.45, 2.75) is 12.8 Å². The Kier molecular flexibility index (Phi) is 4.22. The molecule has 6 heteroatoms. The monoisotopic (exact) mass is 277 g/mol. The number of nitrogens with zero attached hydrogens (tertiary/aromatic N) is 3. The van der Waals surface area contributed by atoms with Crippen LogP contribution in [-0.4, -0.2) is 54.1 Å². The fraction of sp³-hybridized carbons (Fsp3) is 0.500. The third-order valence-corrected chi connectivity index (χ3v) is 3.24. The second-order valence-electron chi connectivity index (χ2n) is 5.32. The maximum atomic E-state index is 11.9. The molecule has 1 aliphatic rings. The Balaban J connectivity index is 2.20. The number of pyridine rings is 1. The molecule has 108 valence electrons. The van der Waals surface area contributed by atoms with Crippen molar-refractivity contribution in [3.63, 3.8) is 0 Å². The van der Waals surface area contributed by atoms with E-state index in [1.54, 1.807) is 37.3 Å². The van der Waals surface area contributed by atoms with Crippen LogP contribution < -0.4 is 4.90 Å². The molecule has 0 aromatic carbocycles. The van der Waals surface area contributed by atoms with Crippen molar-refractivity contribution in [3.05, 3.63) is 24.0 Å². The van der Waals surface area contributed by atoms with Crippen molar-refractivity contribution >= 4 is 17.6 Å². The van der Waals surface area contributed by atoms with Gasteiger partial charge in [0.2, 0.25) is 0 Å². The van der Waals surface area contributed by atoms with Gasteiger partial charge in [0, 0.05) is 32.5 Å². The Bertz CT molecular complexity index is 512. The van der Waals surface area contributed by atoms with E-state index in [-0.39, 0.29) is 12.5 Å². The van der Waals surface area contributed by atoms with Crippen molar-refractivity contribution in [1.29, 1.82) is 0 Å². The van der Waals surface area contributed by atoms with Gasteiger partial charge in [-0.15, -0.1) is 0 Å². The summed E-state index contributed by atoms with van der Waals surface area (Å²) in [5.41, 5.74) is 1.07. The summed E-state index contributed by atoms with van der Waals surface area (Å²) < 4.78 is 0. The summed E-state index contributed by atoms with van der Waals surface area (Å²) in [4.78, 5) is 30.2. The topological polar surface area (TPSA) is 73.7 Å². The van der Waals surface area contributed by atoms with Crippen LogP contribution in [0, 0.1) is 5.92 Å². The summed E-state index contributed by atoms with van der Waals surface area (Å²) in [5, 5.41) is 9.01. The van der Waals surface area contributed by atoms with Crippen LogP contribution >= 0.6 is 0 Å². The maximum Gasteiger partial charge on any atom is 0.323 e. The van der Waals surface area contributed by atoms with E-state index in [1.807, 2.05) is 0 Å². The van der Waals surface area contributed by atoms with Crippen molar-refractivity contribution in [2.75, 3.05) is 32.1 Å². The van der Waals surface area contributed by atoms with Crippen molar-refractivity contribution in [2.24, 2.45) is 5.92 Å². The first kappa shape index (κ1) is 14.3. The van der Waals surface area contributed by atoms with Crippen LogP contribution in [0.3, 0.4) is 0 Å². The van der Waals surface area contributed by atoms with E-state index in [0.29, 0.717) is 18.2 Å². The van der Waals surface area contributed by atoms with Crippen LogP contribution in [0.5, 0.6) is 0 Å². The summed E-state index contributed by atoms with van der Waals surface area (Å²) in [6.45, 7) is 0.655. The molecule has 1 N–H and O–H groups in total. The highest BCUT2D eigenvalue weighted by Gasteiger charge is 2.26. The number of carbonyl (C=O) groups is 2. The Morgan fingerprint density at radius 1 is 1.40 bits per heavy atom. The minimum atomic E-state index is -0.872. The van der Waals surface area contributed by atoms with Crippen LogP contribution in [0.1, 0.15) is 23.3 Å². The van der Waals surface area contributed by atoms with Crippen LogP contribution in [0.2, 0.25) is 0 Å². The fourth-order valence-electron chi connectivity index (χ4n) is 2.00. The molecular formula is C14H19N3O3. The molecule has 0 bridgehead atoms. The largest absolute Gasteiger partial charge is 0.480 e. The molecule has 1 saturated carbocycles. The SMILES string of the molecule is CN(C)C(=O)c1cc(N(CC(=O)O)CC2CC2)ccn1. The molecule has 1 aromatic heterocycles. The molecule has 1 aliphatic carbocycles. The van der Waals surface area contributed by atoms with Gasteiger partial charge in [-0.3, -0.25) is 14.6 Å². The number of aromatic nitrogens is 1. The van der Waals surface area contributed by atoms with Crippen molar-refractivity contribution in [3.8, 4) is 0 Å². The molecule has 0 aliphatic heterocycles. The predicted molar refractivity (Wildman–Crippen MR) is 74.8 cm³/mol. The van der Waals surface area contributed by atoms with Crippen LogP contribution in [0.25, 0.3) is 0 Å². The Morgan fingerprint density at radius 3 is 2.65 bits per heavy atom. The number of carboxylic acid groups (broad SMARTS) is 1. The van der Waals surface area contributed by atoms with Gasteiger partial charge in [-0.25, -0.2) is 0 Å². The van der Waals surface area contributed by atoms with Gasteiger partial charge in [0.05, 0.1) is 0 Å². The molecule has 1 aromatic rings. The van der Waals surface area contributed by atoms with E-state index in [0.717, 1.165) is 18.5 Å². The highest BCUT2D eigenvalue weighted by atomic mass is 16.4. The quantitative estimate of drug-likeness (QED) is 0.842. The first-order valence-corrected chi connectivity index (χ1v) is 6.62. The summed E-state index contributed by atoms with van der Waals surface area (Å²) in [7, 11) is 3.33. The van der Waals surface area contributed by atoms with E-state index >= 15 is 0 Å². The highest BCUT2D eigenvalue weighted by molar-refractivity contribution is 5.92. The zero-order valence-electron chi connectivity index (χ0n) is 11.7. The molecule has 6 nitrogen and oxygen atoms in total. The molecule has 20 heavy (non-hydrogen) atoms.